The van der Waals surface area contributed by atoms with Crippen molar-refractivity contribution in [2.45, 2.75) is 38.8 Å². The molecule has 4 aromatic carbocycles. The SMILES string of the molecule is CCn1cc(C(=O)NC2CC(=O)N(c3ccc(Oc4ccccc4)cc3)C2)c(=O)c2cc(F)c(N3CCN(C(=O)CCc4ccccc4)CC3)cc21. The molecule has 2 saturated heterocycles. The minimum Gasteiger partial charge on any atom is -0.457 e. The van der Waals surface area contributed by atoms with Gasteiger partial charge in [-0.25, -0.2) is 4.39 Å². The van der Waals surface area contributed by atoms with Crippen molar-refractivity contribution in [3.05, 3.63) is 130 Å². The summed E-state index contributed by atoms with van der Waals surface area (Å²) in [5, 5.41) is 2.97. The van der Waals surface area contributed by atoms with Crippen LogP contribution in [0, 0.1) is 5.82 Å². The number of rotatable bonds is 10. The summed E-state index contributed by atoms with van der Waals surface area (Å²) in [7, 11) is 0. The Morgan fingerprint density at radius 1 is 0.865 bits per heavy atom. The van der Waals surface area contributed by atoms with Gasteiger partial charge in [0.25, 0.3) is 5.91 Å². The highest BCUT2D eigenvalue weighted by atomic mass is 19.1. The zero-order valence-electron chi connectivity index (χ0n) is 29.0. The van der Waals surface area contributed by atoms with Crippen molar-refractivity contribution in [2.75, 3.05) is 42.5 Å². The summed E-state index contributed by atoms with van der Waals surface area (Å²) < 4.78 is 23.3. The highest BCUT2D eigenvalue weighted by Gasteiger charge is 2.33. The summed E-state index contributed by atoms with van der Waals surface area (Å²) in [4.78, 5) is 58.3. The summed E-state index contributed by atoms with van der Waals surface area (Å²) in [6, 6.07) is 28.8. The van der Waals surface area contributed by atoms with E-state index in [0.29, 0.717) is 74.0 Å². The lowest BCUT2D eigenvalue weighted by atomic mass is 10.1. The maximum atomic E-state index is 15.7. The molecule has 2 fully saturated rings. The molecule has 1 aromatic heterocycles. The zero-order valence-corrected chi connectivity index (χ0v) is 29.0. The van der Waals surface area contributed by atoms with Crippen LogP contribution < -0.4 is 25.3 Å². The summed E-state index contributed by atoms with van der Waals surface area (Å²) in [5.74, 6) is 0.0726. The predicted octanol–water partition coefficient (Wildman–Crippen LogP) is 5.77. The largest absolute Gasteiger partial charge is 0.457 e. The van der Waals surface area contributed by atoms with Gasteiger partial charge in [-0.1, -0.05) is 48.5 Å². The van der Waals surface area contributed by atoms with Gasteiger partial charge in [-0.15, -0.1) is 0 Å². The van der Waals surface area contributed by atoms with Crippen LogP contribution in [0.1, 0.15) is 35.7 Å². The summed E-state index contributed by atoms with van der Waals surface area (Å²) in [5.41, 5.74) is 1.96. The molecule has 3 heterocycles. The standard InChI is InChI=1S/C41H40FN5O5/c1-2-44-27-34(41(51)43-29-23-39(49)47(26-29)30-14-16-32(17-15-30)52-31-11-7-4-8-12-31)40(50)33-24-35(42)37(25-36(33)44)45-19-21-46(22-20-45)38(48)18-13-28-9-5-3-6-10-28/h3-12,14-17,24-25,27,29H,2,13,18-23,26H2,1H3,(H,43,51). The van der Waals surface area contributed by atoms with Crippen LogP contribution in [0.4, 0.5) is 15.8 Å². The Morgan fingerprint density at radius 2 is 1.54 bits per heavy atom. The van der Waals surface area contributed by atoms with Crippen molar-refractivity contribution in [1.29, 1.82) is 0 Å². The number of para-hydroxylation sites is 1. The van der Waals surface area contributed by atoms with Crippen molar-refractivity contribution >= 4 is 40.0 Å². The van der Waals surface area contributed by atoms with Crippen LogP contribution in [0.2, 0.25) is 0 Å². The molecule has 7 rings (SSSR count). The Labute approximate surface area is 301 Å². The fourth-order valence-electron chi connectivity index (χ4n) is 6.95. The van der Waals surface area contributed by atoms with Crippen LogP contribution in [0.3, 0.4) is 0 Å². The predicted molar refractivity (Wildman–Crippen MR) is 199 cm³/mol. The lowest BCUT2D eigenvalue weighted by Gasteiger charge is -2.36. The van der Waals surface area contributed by atoms with Crippen molar-refractivity contribution in [3.63, 3.8) is 0 Å². The number of fused-ring (bicyclic) bond motifs is 1. The monoisotopic (exact) mass is 701 g/mol. The number of carbonyl (C=O) groups is 3. The van der Waals surface area contributed by atoms with Crippen LogP contribution in [0.5, 0.6) is 11.5 Å². The Balaban J connectivity index is 1.01. The van der Waals surface area contributed by atoms with Crippen molar-refractivity contribution in [1.82, 2.24) is 14.8 Å². The van der Waals surface area contributed by atoms with E-state index >= 15 is 4.39 Å². The third kappa shape index (κ3) is 7.39. The third-order valence-electron chi connectivity index (χ3n) is 9.77. The summed E-state index contributed by atoms with van der Waals surface area (Å²) >= 11 is 0. The highest BCUT2D eigenvalue weighted by molar-refractivity contribution is 6.00. The molecular formula is C41H40FN5O5. The average molecular weight is 702 g/mol. The molecule has 1 atom stereocenters. The van der Waals surface area contributed by atoms with Gasteiger partial charge in [-0.05, 0) is 67.4 Å². The molecule has 0 bridgehead atoms. The first-order valence-corrected chi connectivity index (χ1v) is 17.6. The number of ether oxygens (including phenoxy) is 1. The van der Waals surface area contributed by atoms with Gasteiger partial charge < -0.3 is 29.3 Å². The molecule has 0 radical (unpaired) electrons. The first kappa shape index (κ1) is 34.5. The highest BCUT2D eigenvalue weighted by Crippen LogP contribution is 2.29. The van der Waals surface area contributed by atoms with E-state index in [4.69, 9.17) is 4.74 Å². The lowest BCUT2D eigenvalue weighted by Crippen LogP contribution is -2.49. The van der Waals surface area contributed by atoms with E-state index in [1.165, 1.54) is 12.3 Å². The maximum absolute atomic E-state index is 15.7. The van der Waals surface area contributed by atoms with E-state index in [1.54, 1.807) is 39.8 Å². The first-order chi connectivity index (χ1) is 25.3. The molecule has 2 aliphatic heterocycles. The second-order valence-corrected chi connectivity index (χ2v) is 13.1. The molecule has 0 spiro atoms. The lowest BCUT2D eigenvalue weighted by molar-refractivity contribution is -0.131. The number of benzene rings is 4. The van der Waals surface area contributed by atoms with Gasteiger partial charge in [0.15, 0.2) is 0 Å². The smallest absolute Gasteiger partial charge is 0.257 e. The molecule has 0 saturated carbocycles. The Bertz CT molecular complexity index is 2150. The van der Waals surface area contributed by atoms with E-state index in [0.717, 1.165) is 5.56 Å². The van der Waals surface area contributed by atoms with Gasteiger partial charge in [-0.2, -0.15) is 0 Å². The number of hydrogen-bond acceptors (Lipinski definition) is 6. The summed E-state index contributed by atoms with van der Waals surface area (Å²) in [6.07, 6.45) is 2.67. The Morgan fingerprint density at radius 3 is 2.23 bits per heavy atom. The number of anilines is 2. The number of amides is 3. The van der Waals surface area contributed by atoms with E-state index in [9.17, 15) is 19.2 Å². The first-order valence-electron chi connectivity index (χ1n) is 17.6. The Kier molecular flexibility index (Phi) is 10.0. The number of halogens is 1. The van der Waals surface area contributed by atoms with Crippen LogP contribution in [0.15, 0.2) is 108 Å². The number of piperazine rings is 1. The van der Waals surface area contributed by atoms with Gasteiger partial charge in [0.2, 0.25) is 17.2 Å². The van der Waals surface area contributed by atoms with Crippen LogP contribution in [-0.4, -0.2) is 66.0 Å². The van der Waals surface area contributed by atoms with Crippen LogP contribution >= 0.6 is 0 Å². The molecular weight excluding hydrogens is 661 g/mol. The number of carbonyl (C=O) groups excluding carboxylic acids is 3. The minimum atomic E-state index is -0.613. The van der Waals surface area contributed by atoms with E-state index < -0.39 is 23.2 Å². The van der Waals surface area contributed by atoms with Crippen LogP contribution in [0.25, 0.3) is 10.9 Å². The molecule has 0 aliphatic carbocycles. The van der Waals surface area contributed by atoms with Gasteiger partial charge in [0.1, 0.15) is 22.9 Å². The molecule has 1 N–H and O–H groups in total. The zero-order chi connectivity index (χ0) is 36.2. The Hall–Kier alpha value is -5.97. The van der Waals surface area contributed by atoms with E-state index in [2.05, 4.69) is 5.32 Å². The minimum absolute atomic E-state index is 0.0751. The van der Waals surface area contributed by atoms with Crippen LogP contribution in [-0.2, 0) is 22.6 Å². The average Bonchev–Trinajstić information content (AvgIpc) is 3.54. The number of nitrogens with zero attached hydrogens (tertiary/aromatic N) is 4. The van der Waals surface area contributed by atoms with E-state index in [-0.39, 0.29) is 35.7 Å². The van der Waals surface area contributed by atoms with Crippen molar-refractivity contribution in [3.8, 4) is 11.5 Å². The molecule has 52 heavy (non-hydrogen) atoms. The molecule has 2 aliphatic rings. The quantitative estimate of drug-likeness (QED) is 0.199. The third-order valence-corrected chi connectivity index (χ3v) is 9.77. The normalized spacial score (nSPS) is 16.0. The van der Waals surface area contributed by atoms with Crippen molar-refractivity contribution < 1.29 is 23.5 Å². The van der Waals surface area contributed by atoms with E-state index in [1.807, 2.05) is 77.4 Å². The maximum Gasteiger partial charge on any atom is 0.257 e. The number of nitrogens with one attached hydrogen (secondary N) is 1. The molecule has 5 aromatic rings. The number of aromatic nitrogens is 1. The van der Waals surface area contributed by atoms with Gasteiger partial charge >= 0.3 is 0 Å². The van der Waals surface area contributed by atoms with Gasteiger partial charge in [0.05, 0.1) is 17.2 Å². The number of pyridine rings is 1. The molecule has 10 nitrogen and oxygen atoms in total. The second-order valence-electron chi connectivity index (χ2n) is 13.1. The van der Waals surface area contributed by atoms with Crippen molar-refractivity contribution in [2.24, 2.45) is 0 Å². The van der Waals surface area contributed by atoms with Gasteiger partial charge in [0, 0.05) is 69.4 Å². The number of aryl methyl sites for hydroxylation is 2. The molecule has 11 heteroatoms. The van der Waals surface area contributed by atoms with Gasteiger partial charge in [-0.3, -0.25) is 19.2 Å². The molecule has 1 unspecified atom stereocenters. The summed E-state index contributed by atoms with van der Waals surface area (Å²) in [6.45, 7) is 4.42. The molecule has 3 amide bonds. The molecule has 266 valence electrons. The number of hydrogen-bond donors (Lipinski definition) is 1. The fourth-order valence-corrected chi connectivity index (χ4v) is 6.95. The topological polar surface area (TPSA) is 104 Å². The fraction of sp³-hybridized carbons (Fsp3) is 0.268. The second kappa shape index (κ2) is 15.1.